The maximum absolute atomic E-state index is 12.9. The Labute approximate surface area is 226 Å². The van der Waals surface area contributed by atoms with Crippen LogP contribution in [0.1, 0.15) is 76.8 Å². The van der Waals surface area contributed by atoms with E-state index in [2.05, 4.69) is 10.6 Å². The van der Waals surface area contributed by atoms with Crippen LogP contribution in [0.2, 0.25) is 0 Å². The van der Waals surface area contributed by atoms with Crippen molar-refractivity contribution < 1.29 is 27.6 Å². The molecule has 0 heterocycles. The Morgan fingerprint density at radius 2 is 1.64 bits per heavy atom. The molecule has 2 aromatic carbocycles. The second-order valence-corrected chi connectivity index (χ2v) is 10.3. The first kappa shape index (κ1) is 29.9. The molecule has 0 saturated heterocycles. The molecule has 0 bridgehead atoms. The van der Waals surface area contributed by atoms with Gasteiger partial charge in [-0.3, -0.25) is 14.4 Å². The average Bonchev–Trinajstić information content (AvgIpc) is 2.91. The standard InChI is InChI=1S/C29H35F3N4O3/c1-18(35-26(37)17-34-27(38)23-5-4-6-24(16-23)29(30,31)32)15-25(33)21-11-7-19(8-12-21)20-9-13-22(14-10-20)28(39)36(2)3/h4-6,9-10,13-14,16,18-19,21,33H,7-8,11-12,15,17H2,1-3H3,(H,34,38)(H,35,37)/t18-,19?,21?/m1/s1. The van der Waals surface area contributed by atoms with Crippen LogP contribution in [-0.2, 0) is 11.0 Å². The van der Waals surface area contributed by atoms with Crippen LogP contribution in [0.25, 0.3) is 0 Å². The molecule has 210 valence electrons. The normalized spacial score (nSPS) is 18.1. The van der Waals surface area contributed by atoms with Gasteiger partial charge in [-0.25, -0.2) is 0 Å². The van der Waals surface area contributed by atoms with Crippen molar-refractivity contribution in [1.29, 1.82) is 5.41 Å². The first-order chi connectivity index (χ1) is 18.3. The highest BCUT2D eigenvalue weighted by Crippen LogP contribution is 2.37. The molecule has 39 heavy (non-hydrogen) atoms. The van der Waals surface area contributed by atoms with Gasteiger partial charge in [0.15, 0.2) is 0 Å². The molecule has 3 N–H and O–H groups in total. The molecular weight excluding hydrogens is 509 g/mol. The number of amides is 3. The van der Waals surface area contributed by atoms with Gasteiger partial charge in [0.05, 0.1) is 12.1 Å². The fraction of sp³-hybridized carbons (Fsp3) is 0.448. The number of halogens is 3. The predicted octanol–water partition coefficient (Wildman–Crippen LogP) is 5.03. The molecule has 0 spiro atoms. The summed E-state index contributed by atoms with van der Waals surface area (Å²) in [7, 11) is 3.45. The van der Waals surface area contributed by atoms with E-state index in [1.165, 1.54) is 11.6 Å². The summed E-state index contributed by atoms with van der Waals surface area (Å²) in [6, 6.07) is 11.4. The molecule has 7 nitrogen and oxygen atoms in total. The van der Waals surface area contributed by atoms with Crippen LogP contribution in [0, 0.1) is 11.3 Å². The van der Waals surface area contributed by atoms with Crippen molar-refractivity contribution in [3.8, 4) is 0 Å². The molecule has 1 atom stereocenters. The van der Waals surface area contributed by atoms with Gasteiger partial charge >= 0.3 is 6.18 Å². The number of nitrogens with one attached hydrogen (secondary N) is 3. The van der Waals surface area contributed by atoms with Crippen molar-refractivity contribution in [2.75, 3.05) is 20.6 Å². The maximum Gasteiger partial charge on any atom is 0.416 e. The van der Waals surface area contributed by atoms with Gasteiger partial charge in [0.25, 0.3) is 11.8 Å². The molecule has 2 aromatic rings. The summed E-state index contributed by atoms with van der Waals surface area (Å²) >= 11 is 0. The minimum Gasteiger partial charge on any atom is -0.352 e. The molecular formula is C29H35F3N4O3. The largest absolute Gasteiger partial charge is 0.416 e. The molecule has 3 rings (SSSR count). The molecule has 1 aliphatic carbocycles. The Balaban J connectivity index is 1.41. The topological polar surface area (TPSA) is 102 Å². The summed E-state index contributed by atoms with van der Waals surface area (Å²) in [5.41, 5.74) is 1.31. The van der Waals surface area contributed by atoms with E-state index < -0.39 is 23.6 Å². The van der Waals surface area contributed by atoms with Gasteiger partial charge in [-0.05, 0) is 80.3 Å². The van der Waals surface area contributed by atoms with Gasteiger partial charge in [0, 0.05) is 43.4 Å². The van der Waals surface area contributed by atoms with Crippen LogP contribution in [0.4, 0.5) is 13.2 Å². The number of nitrogens with zero attached hydrogens (tertiary/aromatic N) is 1. The third-order valence-corrected chi connectivity index (χ3v) is 7.05. The number of carbonyl (C=O) groups is 3. The van der Waals surface area contributed by atoms with Crippen molar-refractivity contribution >= 4 is 23.4 Å². The average molecular weight is 545 g/mol. The Hall–Kier alpha value is -3.69. The molecule has 0 aliphatic heterocycles. The first-order valence-corrected chi connectivity index (χ1v) is 13.0. The molecule has 0 aromatic heterocycles. The lowest BCUT2D eigenvalue weighted by Gasteiger charge is -2.30. The van der Waals surface area contributed by atoms with E-state index in [4.69, 9.17) is 5.41 Å². The Morgan fingerprint density at radius 1 is 1.00 bits per heavy atom. The maximum atomic E-state index is 12.9. The van der Waals surface area contributed by atoms with Crippen LogP contribution >= 0.6 is 0 Å². The van der Waals surface area contributed by atoms with Crippen LogP contribution in [-0.4, -0.2) is 55.0 Å². The Kier molecular flexibility index (Phi) is 9.88. The lowest BCUT2D eigenvalue weighted by molar-refractivity contribution is -0.137. The Morgan fingerprint density at radius 3 is 2.23 bits per heavy atom. The van der Waals surface area contributed by atoms with E-state index in [-0.39, 0.29) is 30.0 Å². The van der Waals surface area contributed by atoms with Crippen LogP contribution in [0.15, 0.2) is 48.5 Å². The summed E-state index contributed by atoms with van der Waals surface area (Å²) in [4.78, 5) is 38.1. The predicted molar refractivity (Wildman–Crippen MR) is 143 cm³/mol. The van der Waals surface area contributed by atoms with E-state index in [1.54, 1.807) is 25.9 Å². The monoisotopic (exact) mass is 544 g/mol. The molecule has 3 amide bonds. The van der Waals surface area contributed by atoms with Crippen molar-refractivity contribution in [2.45, 2.75) is 57.2 Å². The van der Waals surface area contributed by atoms with Gasteiger partial charge in [-0.15, -0.1) is 0 Å². The number of benzene rings is 2. The summed E-state index contributed by atoms with van der Waals surface area (Å²) in [6.45, 7) is 1.40. The molecule has 10 heteroatoms. The summed E-state index contributed by atoms with van der Waals surface area (Å²) in [5.74, 6) is -0.758. The summed E-state index contributed by atoms with van der Waals surface area (Å²) in [5, 5.41) is 13.6. The van der Waals surface area contributed by atoms with Gasteiger partial charge in [-0.2, -0.15) is 13.2 Å². The van der Waals surface area contributed by atoms with Crippen LogP contribution in [0.5, 0.6) is 0 Å². The molecule has 1 aliphatic rings. The number of hydrogen-bond donors (Lipinski definition) is 3. The zero-order valence-corrected chi connectivity index (χ0v) is 22.4. The van der Waals surface area contributed by atoms with E-state index >= 15 is 0 Å². The van der Waals surface area contributed by atoms with Gasteiger partial charge < -0.3 is 20.9 Å². The SMILES string of the molecule is C[C@H](CC(=N)C1CCC(c2ccc(C(=O)N(C)C)cc2)CC1)NC(=O)CNC(=O)c1cccc(C(F)(F)F)c1. The van der Waals surface area contributed by atoms with E-state index in [0.717, 1.165) is 43.9 Å². The fourth-order valence-electron chi connectivity index (χ4n) is 4.90. The van der Waals surface area contributed by atoms with E-state index in [0.29, 0.717) is 23.6 Å². The highest BCUT2D eigenvalue weighted by Gasteiger charge is 2.31. The zero-order valence-electron chi connectivity index (χ0n) is 22.4. The number of hydrogen-bond acceptors (Lipinski definition) is 4. The summed E-state index contributed by atoms with van der Waals surface area (Å²) < 4.78 is 38.6. The molecule has 0 radical (unpaired) electrons. The third kappa shape index (κ3) is 8.40. The molecule has 0 unspecified atom stereocenters. The number of alkyl halides is 3. The quantitative estimate of drug-likeness (QED) is 0.386. The minimum atomic E-state index is -4.56. The van der Waals surface area contributed by atoms with Crippen molar-refractivity contribution in [2.24, 2.45) is 5.92 Å². The van der Waals surface area contributed by atoms with Gasteiger partial charge in [-0.1, -0.05) is 18.2 Å². The van der Waals surface area contributed by atoms with Gasteiger partial charge in [0.2, 0.25) is 5.91 Å². The first-order valence-electron chi connectivity index (χ1n) is 13.0. The molecule has 1 fully saturated rings. The van der Waals surface area contributed by atoms with E-state index in [9.17, 15) is 27.6 Å². The van der Waals surface area contributed by atoms with Crippen molar-refractivity contribution in [3.63, 3.8) is 0 Å². The lowest BCUT2D eigenvalue weighted by atomic mass is 9.76. The van der Waals surface area contributed by atoms with Crippen LogP contribution < -0.4 is 10.6 Å². The second-order valence-electron chi connectivity index (χ2n) is 10.3. The van der Waals surface area contributed by atoms with Crippen LogP contribution in [0.3, 0.4) is 0 Å². The second kappa shape index (κ2) is 12.9. The van der Waals surface area contributed by atoms with Gasteiger partial charge in [0.1, 0.15) is 0 Å². The highest BCUT2D eigenvalue weighted by atomic mass is 19.4. The fourth-order valence-corrected chi connectivity index (χ4v) is 4.90. The van der Waals surface area contributed by atoms with Crippen molar-refractivity contribution in [1.82, 2.24) is 15.5 Å². The Bertz CT molecular complexity index is 1190. The number of carbonyl (C=O) groups excluding carboxylic acids is 3. The zero-order chi connectivity index (χ0) is 28.7. The minimum absolute atomic E-state index is 0.0296. The third-order valence-electron chi connectivity index (χ3n) is 7.05. The highest BCUT2D eigenvalue weighted by molar-refractivity contribution is 5.96. The number of rotatable bonds is 9. The summed E-state index contributed by atoms with van der Waals surface area (Å²) in [6.07, 6.45) is -0.562. The smallest absolute Gasteiger partial charge is 0.352 e. The molecule has 1 saturated carbocycles. The van der Waals surface area contributed by atoms with Crippen molar-refractivity contribution in [3.05, 3.63) is 70.8 Å². The van der Waals surface area contributed by atoms with E-state index in [1.807, 2.05) is 24.3 Å². The lowest BCUT2D eigenvalue weighted by Crippen LogP contribution is -2.42.